The summed E-state index contributed by atoms with van der Waals surface area (Å²) in [6, 6.07) is 2.23. The molecule has 0 unspecified atom stereocenters. The molecule has 0 aromatic carbocycles. The van der Waals surface area contributed by atoms with Crippen molar-refractivity contribution in [3.05, 3.63) is 34.5 Å². The van der Waals surface area contributed by atoms with Gasteiger partial charge in [-0.05, 0) is 0 Å². The normalized spacial score (nSPS) is 8.00. The molecule has 4 nitrogen and oxygen atoms in total. The topological polar surface area (TPSA) is 53.2 Å². The molecule has 1 heterocycles. The van der Waals surface area contributed by atoms with Gasteiger partial charge in [-0.25, -0.2) is 0 Å². The van der Waals surface area contributed by atoms with Crippen molar-refractivity contribution < 1.29 is 0 Å². The van der Waals surface area contributed by atoms with Crippen LogP contribution < -0.4 is 0 Å². The van der Waals surface area contributed by atoms with Crippen molar-refractivity contribution >= 4 is 0 Å². The quantitative estimate of drug-likeness (QED) is 0.536. The first kappa shape index (κ1) is 6.49. The van der Waals surface area contributed by atoms with Crippen LogP contribution >= 0.6 is 0 Å². The van der Waals surface area contributed by atoms with Crippen LogP contribution in [-0.4, -0.2) is 9.97 Å². The molecule has 0 saturated heterocycles. The molecule has 0 aliphatic carbocycles. The summed E-state index contributed by atoms with van der Waals surface area (Å²) >= 11 is 0. The second-order valence-corrected chi connectivity index (χ2v) is 1.62. The van der Waals surface area contributed by atoms with Crippen LogP contribution in [0.15, 0.2) is 18.6 Å². The van der Waals surface area contributed by atoms with Crippen molar-refractivity contribution in [3.8, 4) is 6.07 Å². The van der Waals surface area contributed by atoms with Crippen molar-refractivity contribution in [1.82, 2.24) is 9.97 Å². The fraction of sp³-hybridized carbons (Fsp3) is 0.167. The minimum atomic E-state index is 0.331. The van der Waals surface area contributed by atoms with E-state index < -0.39 is 0 Å². The lowest BCUT2D eigenvalue weighted by Gasteiger charge is -1.85. The average Bonchev–Trinajstić information content (AvgIpc) is 2.03. The third kappa shape index (κ3) is 1.71. The summed E-state index contributed by atoms with van der Waals surface area (Å²) in [7, 11) is 0. The summed E-state index contributed by atoms with van der Waals surface area (Å²) in [5, 5.41) is 12.0. The summed E-state index contributed by atoms with van der Waals surface area (Å²) < 4.78 is 0. The van der Waals surface area contributed by atoms with Gasteiger partial charge in [0.15, 0.2) is 0 Å². The highest BCUT2D eigenvalue weighted by Crippen LogP contribution is 1.89. The van der Waals surface area contributed by atoms with Crippen molar-refractivity contribution in [1.29, 1.82) is 0 Å². The first-order valence-electron chi connectivity index (χ1n) is 2.73. The van der Waals surface area contributed by atoms with Gasteiger partial charge in [-0.3, -0.25) is 9.97 Å². The Bertz CT molecular complexity index is 249. The summed E-state index contributed by atoms with van der Waals surface area (Å²) in [4.78, 5) is 7.68. The molecule has 10 heavy (non-hydrogen) atoms. The van der Waals surface area contributed by atoms with E-state index in [1.807, 2.05) is 0 Å². The summed E-state index contributed by atoms with van der Waals surface area (Å²) in [5.74, 6) is 0. The van der Waals surface area contributed by atoms with Gasteiger partial charge in [-0.1, -0.05) is 0 Å². The van der Waals surface area contributed by atoms with Crippen molar-refractivity contribution in [2.75, 3.05) is 0 Å². The van der Waals surface area contributed by atoms with E-state index >= 15 is 0 Å². The van der Waals surface area contributed by atoms with E-state index in [-0.39, 0.29) is 0 Å². The van der Waals surface area contributed by atoms with Gasteiger partial charge in [0.25, 0.3) is 0 Å². The Morgan fingerprint density at radius 2 is 2.50 bits per heavy atom. The fourth-order valence-corrected chi connectivity index (χ4v) is 0.535. The van der Waals surface area contributed by atoms with Crippen LogP contribution in [0.2, 0.25) is 0 Å². The zero-order valence-electron chi connectivity index (χ0n) is 5.19. The second-order valence-electron chi connectivity index (χ2n) is 1.62. The number of nitrogens with zero attached hydrogens (tertiary/aromatic N) is 3. The van der Waals surface area contributed by atoms with Crippen LogP contribution in [-0.2, 0) is 6.42 Å². The highest BCUT2D eigenvalue weighted by atomic mass is 16.4. The van der Waals surface area contributed by atoms with Crippen molar-refractivity contribution in [2.45, 2.75) is 6.42 Å². The first-order valence-corrected chi connectivity index (χ1v) is 2.73. The lowest BCUT2D eigenvalue weighted by atomic mass is 10.3. The largest absolute Gasteiger partial charge is 0.498 e. The Balaban J connectivity index is 2.64. The van der Waals surface area contributed by atoms with Gasteiger partial charge in [-0.2, -0.15) is 0 Å². The van der Waals surface area contributed by atoms with Crippen molar-refractivity contribution in [3.63, 3.8) is 0 Å². The van der Waals surface area contributed by atoms with E-state index in [1.54, 1.807) is 18.6 Å². The number of aromatic nitrogens is 2. The first-order chi connectivity index (χ1) is 4.93. The van der Waals surface area contributed by atoms with Crippen molar-refractivity contribution in [2.24, 2.45) is 0 Å². The molecule has 1 aromatic heterocycles. The minimum Gasteiger partial charge on any atom is -0.498 e. The highest BCUT2D eigenvalue weighted by molar-refractivity contribution is 5.05. The fourth-order valence-electron chi connectivity index (χ4n) is 0.535. The van der Waals surface area contributed by atoms with Crippen LogP contribution in [0, 0.1) is 11.3 Å². The Morgan fingerprint density at radius 1 is 1.60 bits per heavy atom. The smallest absolute Gasteiger partial charge is 0.304 e. The van der Waals surface area contributed by atoms with E-state index in [0.717, 1.165) is 0 Å². The van der Waals surface area contributed by atoms with E-state index in [9.17, 15) is 5.21 Å². The molecule has 0 fully saturated rings. The maximum Gasteiger partial charge on any atom is 0.304 e. The Hall–Kier alpha value is -1.63. The minimum absolute atomic E-state index is 0.331. The third-order valence-electron chi connectivity index (χ3n) is 0.941. The molecule has 0 radical (unpaired) electrons. The maximum absolute atomic E-state index is 9.57. The van der Waals surface area contributed by atoms with Gasteiger partial charge in [-0.15, -0.1) is 0 Å². The molecule has 0 aliphatic heterocycles. The van der Waals surface area contributed by atoms with Crippen LogP contribution in [0.4, 0.5) is 0 Å². The molecular formula is C6H5N3O. The van der Waals surface area contributed by atoms with Gasteiger partial charge in [0.2, 0.25) is 0 Å². The van der Waals surface area contributed by atoms with Gasteiger partial charge < -0.3 is 5.21 Å². The zero-order valence-corrected chi connectivity index (χ0v) is 5.19. The Morgan fingerprint density at radius 3 is 3.10 bits per heavy atom. The molecule has 0 atom stereocenters. The molecule has 0 aliphatic rings. The van der Waals surface area contributed by atoms with Gasteiger partial charge >= 0.3 is 6.07 Å². The number of rotatable bonds is 1. The molecular weight excluding hydrogens is 130 g/mol. The molecule has 0 spiro atoms. The summed E-state index contributed by atoms with van der Waals surface area (Å²) in [6.07, 6.45) is 5.02. The Kier molecular flexibility index (Phi) is 2.21. The predicted octanol–water partition coefficient (Wildman–Crippen LogP) is 0.850. The Labute approximate surface area is 58.0 Å². The lowest BCUT2D eigenvalue weighted by molar-refractivity contribution is 1.07. The molecule has 0 saturated carbocycles. The van der Waals surface area contributed by atoms with Crippen LogP contribution in [0.5, 0.6) is 0 Å². The van der Waals surface area contributed by atoms with E-state index in [2.05, 4.69) is 21.0 Å². The lowest BCUT2D eigenvalue weighted by Crippen LogP contribution is -1.86. The van der Waals surface area contributed by atoms with E-state index in [4.69, 9.17) is 0 Å². The highest BCUT2D eigenvalue weighted by Gasteiger charge is 1.92. The van der Waals surface area contributed by atoms with Gasteiger partial charge in [0, 0.05) is 23.6 Å². The van der Waals surface area contributed by atoms with Crippen LogP contribution in [0.3, 0.4) is 0 Å². The average molecular weight is 135 g/mol. The second kappa shape index (κ2) is 3.41. The van der Waals surface area contributed by atoms with E-state index in [1.165, 1.54) is 0 Å². The van der Waals surface area contributed by atoms with Gasteiger partial charge in [0.1, 0.15) is 6.42 Å². The van der Waals surface area contributed by atoms with Crippen LogP contribution in [0.25, 0.3) is 5.01 Å². The summed E-state index contributed by atoms with van der Waals surface area (Å²) in [5.41, 5.74) is 0.696. The SMILES string of the molecule is [O-][N+]#CCc1cnccn1. The zero-order chi connectivity index (χ0) is 7.23. The molecule has 50 valence electrons. The molecule has 0 amide bonds. The monoisotopic (exact) mass is 135 g/mol. The van der Waals surface area contributed by atoms with Gasteiger partial charge in [0.05, 0.1) is 5.69 Å². The molecule has 1 aromatic rings. The summed E-state index contributed by atoms with van der Waals surface area (Å²) in [6.45, 7) is 0. The molecule has 0 bridgehead atoms. The molecule has 1 rings (SSSR count). The predicted molar refractivity (Wildman–Crippen MR) is 36.4 cm³/mol. The maximum atomic E-state index is 9.57. The number of hydrogen-bond donors (Lipinski definition) is 0. The third-order valence-corrected chi connectivity index (χ3v) is 0.941. The van der Waals surface area contributed by atoms with Crippen LogP contribution in [0.1, 0.15) is 5.69 Å². The molecule has 0 N–H and O–H groups in total. The van der Waals surface area contributed by atoms with E-state index in [0.29, 0.717) is 12.1 Å². The number of hydrogen-bond acceptors (Lipinski definition) is 3. The molecule has 4 heteroatoms. The standard InChI is InChI=1S/C6H5N3O/c10-9-2-1-6-5-7-3-4-8-6/h3-5H,1H2.